The van der Waals surface area contributed by atoms with Gasteiger partial charge in [-0.1, -0.05) is 96.8 Å². The number of carbonyl (C=O) groups excluding carboxylic acids is 3. The zero-order valence-electron chi connectivity index (χ0n) is 25.1. The Morgan fingerprint density at radius 1 is 0.875 bits per heavy atom. The maximum atomic E-state index is 12.8. The van der Waals surface area contributed by atoms with Crippen molar-refractivity contribution in [3.05, 3.63) is 32.6 Å². The minimum atomic E-state index is -0.709. The van der Waals surface area contributed by atoms with Crippen LogP contribution < -0.4 is 16.6 Å². The van der Waals surface area contributed by atoms with E-state index < -0.39 is 23.1 Å². The number of unbranched alkanes of at least 4 members (excludes halogenated alkanes) is 14. The number of aromatic nitrogens is 2. The highest BCUT2D eigenvalue weighted by atomic mass is 16.5. The SMILES string of the molecule is CCCCCCCCCCCCCCCCCC(=O)NCCN(CC(=O)OC)C(=O)Cn1cc(C)c(=O)[nH]c1=O. The summed E-state index contributed by atoms with van der Waals surface area (Å²) in [6.45, 7) is 3.40. The van der Waals surface area contributed by atoms with Gasteiger partial charge in [0.2, 0.25) is 11.8 Å². The van der Waals surface area contributed by atoms with E-state index in [0.29, 0.717) is 6.42 Å². The number of aryl methyl sites for hydroxylation is 1. The van der Waals surface area contributed by atoms with Gasteiger partial charge >= 0.3 is 11.7 Å². The lowest BCUT2D eigenvalue weighted by Gasteiger charge is -2.22. The van der Waals surface area contributed by atoms with Crippen molar-refractivity contribution in [2.24, 2.45) is 0 Å². The first kappa shape index (κ1) is 35.1. The zero-order chi connectivity index (χ0) is 29.6. The number of amides is 2. The second kappa shape index (κ2) is 21.9. The molecule has 0 radical (unpaired) electrons. The molecule has 0 aliphatic heterocycles. The molecule has 0 saturated carbocycles. The van der Waals surface area contributed by atoms with E-state index in [0.717, 1.165) is 23.8 Å². The molecule has 1 heterocycles. The second-order valence-corrected chi connectivity index (χ2v) is 10.6. The highest BCUT2D eigenvalue weighted by Crippen LogP contribution is 2.13. The molecule has 0 atom stereocenters. The van der Waals surface area contributed by atoms with Gasteiger partial charge in [0.15, 0.2) is 0 Å². The fourth-order valence-corrected chi connectivity index (χ4v) is 4.57. The van der Waals surface area contributed by atoms with Gasteiger partial charge in [-0.25, -0.2) is 4.79 Å². The van der Waals surface area contributed by atoms with Crippen LogP contribution in [0, 0.1) is 6.92 Å². The van der Waals surface area contributed by atoms with Crippen molar-refractivity contribution in [2.75, 3.05) is 26.7 Å². The smallest absolute Gasteiger partial charge is 0.328 e. The Morgan fingerprint density at radius 3 is 1.93 bits per heavy atom. The maximum Gasteiger partial charge on any atom is 0.328 e. The molecule has 1 rings (SSSR count). The lowest BCUT2D eigenvalue weighted by atomic mass is 10.0. The number of nitrogens with zero attached hydrogens (tertiary/aromatic N) is 2. The van der Waals surface area contributed by atoms with Crippen LogP contribution in [-0.4, -0.2) is 59.0 Å². The van der Waals surface area contributed by atoms with Gasteiger partial charge in [0.25, 0.3) is 5.56 Å². The summed E-state index contributed by atoms with van der Waals surface area (Å²) in [7, 11) is 1.22. The molecule has 0 fully saturated rings. The highest BCUT2D eigenvalue weighted by Gasteiger charge is 2.19. The normalized spacial score (nSPS) is 10.9. The van der Waals surface area contributed by atoms with Crippen LogP contribution in [0.25, 0.3) is 0 Å². The molecule has 0 bridgehead atoms. The monoisotopic (exact) mass is 564 g/mol. The molecule has 10 heteroatoms. The van der Waals surface area contributed by atoms with Crippen LogP contribution in [0.5, 0.6) is 0 Å². The zero-order valence-corrected chi connectivity index (χ0v) is 25.1. The summed E-state index contributed by atoms with van der Waals surface area (Å²) in [6, 6.07) is 0. The average molecular weight is 565 g/mol. The first-order valence-corrected chi connectivity index (χ1v) is 15.2. The first-order valence-electron chi connectivity index (χ1n) is 15.2. The van der Waals surface area contributed by atoms with Crippen molar-refractivity contribution in [2.45, 2.75) is 123 Å². The summed E-state index contributed by atoms with van der Waals surface area (Å²) in [4.78, 5) is 63.7. The lowest BCUT2D eigenvalue weighted by Crippen LogP contribution is -2.44. The summed E-state index contributed by atoms with van der Waals surface area (Å²) in [5.74, 6) is -1.20. The Bertz CT molecular complexity index is 987. The van der Waals surface area contributed by atoms with Crippen LogP contribution in [-0.2, 0) is 25.7 Å². The van der Waals surface area contributed by atoms with E-state index in [4.69, 9.17) is 0 Å². The standard InChI is InChI=1S/C30H52N4O6/c1-4-5-6-7-8-9-10-11-12-13-14-15-16-17-18-19-26(35)31-20-21-33(24-28(37)40-3)27(36)23-34-22-25(2)29(38)32-30(34)39/h22H,4-21,23-24H2,1-3H3,(H,31,35)(H,32,38,39). The largest absolute Gasteiger partial charge is 0.468 e. The summed E-state index contributed by atoms with van der Waals surface area (Å²) in [5.41, 5.74) is -0.936. The minimum Gasteiger partial charge on any atom is -0.468 e. The van der Waals surface area contributed by atoms with Crippen LogP contribution in [0.2, 0.25) is 0 Å². The van der Waals surface area contributed by atoms with Gasteiger partial charge in [-0.3, -0.25) is 28.7 Å². The number of nitrogens with one attached hydrogen (secondary N) is 2. The second-order valence-electron chi connectivity index (χ2n) is 10.6. The van der Waals surface area contributed by atoms with E-state index in [1.165, 1.54) is 102 Å². The topological polar surface area (TPSA) is 131 Å². The van der Waals surface area contributed by atoms with Gasteiger partial charge in [-0.2, -0.15) is 0 Å². The first-order chi connectivity index (χ1) is 19.3. The van der Waals surface area contributed by atoms with E-state index in [9.17, 15) is 24.0 Å². The van der Waals surface area contributed by atoms with Crippen molar-refractivity contribution in [3.63, 3.8) is 0 Å². The van der Waals surface area contributed by atoms with Crippen LogP contribution in [0.15, 0.2) is 15.8 Å². The molecule has 10 nitrogen and oxygen atoms in total. The van der Waals surface area contributed by atoms with Crippen LogP contribution in [0.1, 0.15) is 115 Å². The third-order valence-corrected chi connectivity index (χ3v) is 7.11. The Balaban J connectivity index is 2.20. The Hall–Kier alpha value is -2.91. The number of hydrogen-bond donors (Lipinski definition) is 2. The molecule has 0 saturated heterocycles. The third kappa shape index (κ3) is 16.3. The molecule has 0 unspecified atom stereocenters. The minimum absolute atomic E-state index is 0.0901. The molecule has 0 spiro atoms. The number of methoxy groups -OCH3 is 1. The highest BCUT2D eigenvalue weighted by molar-refractivity contribution is 5.82. The fraction of sp³-hybridized carbons (Fsp3) is 0.767. The molecule has 1 aromatic rings. The summed E-state index contributed by atoms with van der Waals surface area (Å²) in [5, 5.41) is 2.80. The maximum absolute atomic E-state index is 12.8. The van der Waals surface area contributed by atoms with Crippen molar-refractivity contribution in [1.82, 2.24) is 19.8 Å². The summed E-state index contributed by atoms with van der Waals surface area (Å²) >= 11 is 0. The molecule has 0 aromatic carbocycles. The van der Waals surface area contributed by atoms with Gasteiger partial charge < -0.3 is 15.0 Å². The third-order valence-electron chi connectivity index (χ3n) is 7.11. The number of ether oxygens (including phenoxy) is 1. The van der Waals surface area contributed by atoms with E-state index in [2.05, 4.69) is 22.0 Å². The Labute approximate surface area is 239 Å². The van der Waals surface area contributed by atoms with Crippen LogP contribution >= 0.6 is 0 Å². The Morgan fingerprint density at radius 2 is 1.40 bits per heavy atom. The van der Waals surface area contributed by atoms with Gasteiger partial charge in [-0.05, 0) is 13.3 Å². The molecular formula is C30H52N4O6. The molecule has 1 aromatic heterocycles. The number of rotatable bonds is 23. The molecule has 228 valence electrons. The fourth-order valence-electron chi connectivity index (χ4n) is 4.57. The predicted molar refractivity (Wildman–Crippen MR) is 157 cm³/mol. The van der Waals surface area contributed by atoms with Crippen molar-refractivity contribution in [1.29, 1.82) is 0 Å². The van der Waals surface area contributed by atoms with Crippen LogP contribution in [0.3, 0.4) is 0 Å². The summed E-state index contributed by atoms with van der Waals surface area (Å²) < 4.78 is 5.75. The molecular weight excluding hydrogens is 512 g/mol. The number of hydrogen-bond acceptors (Lipinski definition) is 6. The van der Waals surface area contributed by atoms with E-state index in [1.807, 2.05) is 0 Å². The predicted octanol–water partition coefficient (Wildman–Crippen LogP) is 4.22. The number of H-pyrrole nitrogens is 1. The van der Waals surface area contributed by atoms with Gasteiger partial charge in [-0.15, -0.1) is 0 Å². The number of aromatic amines is 1. The quantitative estimate of drug-likeness (QED) is 0.151. The van der Waals surface area contributed by atoms with Gasteiger partial charge in [0.1, 0.15) is 13.1 Å². The van der Waals surface area contributed by atoms with Crippen molar-refractivity contribution >= 4 is 17.8 Å². The molecule has 2 N–H and O–H groups in total. The Kier molecular flexibility index (Phi) is 19.2. The van der Waals surface area contributed by atoms with Crippen molar-refractivity contribution < 1.29 is 19.1 Å². The van der Waals surface area contributed by atoms with Gasteiger partial charge in [0.05, 0.1) is 7.11 Å². The molecule has 2 amide bonds. The number of carbonyl (C=O) groups is 3. The van der Waals surface area contributed by atoms with Gasteiger partial charge in [0, 0.05) is 31.3 Å². The van der Waals surface area contributed by atoms with E-state index in [1.54, 1.807) is 0 Å². The molecule has 0 aliphatic rings. The molecule has 0 aliphatic carbocycles. The molecule has 40 heavy (non-hydrogen) atoms. The van der Waals surface area contributed by atoms with E-state index in [-0.39, 0.29) is 37.6 Å². The average Bonchev–Trinajstić information content (AvgIpc) is 2.93. The van der Waals surface area contributed by atoms with Crippen LogP contribution in [0.4, 0.5) is 0 Å². The summed E-state index contributed by atoms with van der Waals surface area (Å²) in [6.07, 6.45) is 20.7. The van der Waals surface area contributed by atoms with Crippen molar-refractivity contribution in [3.8, 4) is 0 Å². The number of esters is 1. The lowest BCUT2D eigenvalue weighted by molar-refractivity contribution is -0.147. The van der Waals surface area contributed by atoms with E-state index >= 15 is 0 Å².